The van der Waals surface area contributed by atoms with E-state index >= 15 is 0 Å². The highest BCUT2D eigenvalue weighted by Gasteiger charge is 2.26. The van der Waals surface area contributed by atoms with E-state index in [2.05, 4.69) is 20.8 Å². The maximum atomic E-state index is 12.5. The third-order valence-corrected chi connectivity index (χ3v) is 6.81. The number of piperidine rings is 1. The van der Waals surface area contributed by atoms with Crippen molar-refractivity contribution in [1.82, 2.24) is 9.80 Å². The van der Waals surface area contributed by atoms with Crippen LogP contribution in [0.4, 0.5) is 0 Å². The molecule has 3 heterocycles. The lowest BCUT2D eigenvalue weighted by Crippen LogP contribution is -2.41. The predicted molar refractivity (Wildman–Crippen MR) is 91.1 cm³/mol. The third-order valence-electron chi connectivity index (χ3n) is 4.68. The second-order valence-corrected chi connectivity index (χ2v) is 8.68. The molecular weight excluding hydrogens is 348 g/mol. The standard InChI is InChI=1S/C16H23BrN2OS/c1-12-10-14(21-15(12)17)16(20)19-8-4-13(5-9-19)11-18-6-2-3-7-18/h10,13H,2-9,11H2,1H3. The maximum Gasteiger partial charge on any atom is 0.263 e. The Morgan fingerprint density at radius 1 is 1.29 bits per heavy atom. The average molecular weight is 371 g/mol. The van der Waals surface area contributed by atoms with Crippen LogP contribution in [0.15, 0.2) is 9.85 Å². The lowest BCUT2D eigenvalue weighted by atomic mass is 9.96. The van der Waals surface area contributed by atoms with E-state index in [0.717, 1.165) is 46.1 Å². The first-order valence-electron chi connectivity index (χ1n) is 7.91. The Bertz CT molecular complexity index is 483. The molecule has 0 bridgehead atoms. The fourth-order valence-electron chi connectivity index (χ4n) is 3.37. The lowest BCUT2D eigenvalue weighted by Gasteiger charge is -2.33. The van der Waals surface area contributed by atoms with E-state index in [-0.39, 0.29) is 5.91 Å². The summed E-state index contributed by atoms with van der Waals surface area (Å²) in [5.41, 5.74) is 1.16. The summed E-state index contributed by atoms with van der Waals surface area (Å²) in [6.07, 6.45) is 5.05. The molecule has 21 heavy (non-hydrogen) atoms. The fourth-order valence-corrected chi connectivity index (χ4v) is 4.87. The molecule has 2 fully saturated rings. The molecule has 0 radical (unpaired) electrons. The monoisotopic (exact) mass is 370 g/mol. The van der Waals surface area contributed by atoms with Crippen LogP contribution in [0.25, 0.3) is 0 Å². The first-order chi connectivity index (χ1) is 10.1. The van der Waals surface area contributed by atoms with Crippen LogP contribution in [0.2, 0.25) is 0 Å². The van der Waals surface area contributed by atoms with Crippen LogP contribution < -0.4 is 0 Å². The zero-order valence-electron chi connectivity index (χ0n) is 12.6. The molecule has 1 amide bonds. The van der Waals surface area contributed by atoms with Crippen LogP contribution in [0.1, 0.15) is 40.9 Å². The van der Waals surface area contributed by atoms with E-state index in [0.29, 0.717) is 0 Å². The van der Waals surface area contributed by atoms with Gasteiger partial charge in [-0.2, -0.15) is 0 Å². The minimum absolute atomic E-state index is 0.216. The third kappa shape index (κ3) is 3.69. The number of carbonyl (C=O) groups is 1. The van der Waals surface area contributed by atoms with E-state index in [1.807, 2.05) is 17.9 Å². The van der Waals surface area contributed by atoms with E-state index in [1.165, 1.54) is 32.5 Å². The van der Waals surface area contributed by atoms with E-state index in [4.69, 9.17) is 0 Å². The van der Waals surface area contributed by atoms with E-state index in [1.54, 1.807) is 11.3 Å². The molecule has 1 aromatic heterocycles. The molecule has 3 nitrogen and oxygen atoms in total. The van der Waals surface area contributed by atoms with Gasteiger partial charge >= 0.3 is 0 Å². The predicted octanol–water partition coefficient (Wildman–Crippen LogP) is 3.77. The topological polar surface area (TPSA) is 23.6 Å². The number of halogens is 1. The van der Waals surface area contributed by atoms with Gasteiger partial charge in [0.05, 0.1) is 8.66 Å². The van der Waals surface area contributed by atoms with Crippen molar-refractivity contribution in [2.75, 3.05) is 32.7 Å². The van der Waals surface area contributed by atoms with Gasteiger partial charge in [0.15, 0.2) is 0 Å². The zero-order valence-corrected chi connectivity index (χ0v) is 15.0. The number of rotatable bonds is 3. The van der Waals surface area contributed by atoms with Gasteiger partial charge in [-0.25, -0.2) is 0 Å². The summed E-state index contributed by atoms with van der Waals surface area (Å²) in [5.74, 6) is 0.998. The van der Waals surface area contributed by atoms with E-state index in [9.17, 15) is 4.79 Å². The van der Waals surface area contributed by atoms with Crippen LogP contribution in [0, 0.1) is 12.8 Å². The highest BCUT2D eigenvalue weighted by molar-refractivity contribution is 9.11. The van der Waals surface area contributed by atoms with Crippen molar-refractivity contribution in [2.24, 2.45) is 5.92 Å². The summed E-state index contributed by atoms with van der Waals surface area (Å²) < 4.78 is 1.08. The Morgan fingerprint density at radius 3 is 2.52 bits per heavy atom. The first kappa shape index (κ1) is 15.5. The van der Waals surface area contributed by atoms with Crippen molar-refractivity contribution in [3.8, 4) is 0 Å². The summed E-state index contributed by atoms with van der Waals surface area (Å²) in [6, 6.07) is 2.01. The number of likely N-dealkylation sites (tertiary alicyclic amines) is 2. The van der Waals surface area contributed by atoms with Crippen LogP contribution >= 0.6 is 27.3 Å². The maximum absolute atomic E-state index is 12.5. The molecular formula is C16H23BrN2OS. The minimum atomic E-state index is 0.216. The molecule has 0 spiro atoms. The van der Waals surface area contributed by atoms with Gasteiger partial charge in [0, 0.05) is 19.6 Å². The van der Waals surface area contributed by atoms with E-state index < -0.39 is 0 Å². The van der Waals surface area contributed by atoms with Gasteiger partial charge in [-0.3, -0.25) is 4.79 Å². The fraction of sp³-hybridized carbons (Fsp3) is 0.688. The molecule has 0 aliphatic carbocycles. The summed E-state index contributed by atoms with van der Waals surface area (Å²) >= 11 is 5.07. The summed E-state index contributed by atoms with van der Waals surface area (Å²) in [4.78, 5) is 18.0. The molecule has 116 valence electrons. The Morgan fingerprint density at radius 2 is 1.95 bits per heavy atom. The van der Waals surface area contributed by atoms with Crippen LogP contribution in [0.3, 0.4) is 0 Å². The van der Waals surface area contributed by atoms with Crippen molar-refractivity contribution in [1.29, 1.82) is 0 Å². The van der Waals surface area contributed by atoms with Crippen molar-refractivity contribution in [3.05, 3.63) is 20.3 Å². The van der Waals surface area contributed by atoms with Gasteiger partial charge in [0.2, 0.25) is 0 Å². The molecule has 0 saturated carbocycles. The summed E-state index contributed by atoms with van der Waals surface area (Å²) in [7, 11) is 0. The molecule has 1 aromatic rings. The number of aryl methyl sites for hydroxylation is 1. The number of amides is 1. The van der Waals surface area contributed by atoms with Crippen molar-refractivity contribution >= 4 is 33.2 Å². The molecule has 0 N–H and O–H groups in total. The Labute approximate surface area is 139 Å². The SMILES string of the molecule is Cc1cc(C(=O)N2CCC(CN3CCCC3)CC2)sc1Br. The van der Waals surface area contributed by atoms with Crippen LogP contribution in [0.5, 0.6) is 0 Å². The second-order valence-electron chi connectivity index (χ2n) is 6.31. The minimum Gasteiger partial charge on any atom is -0.338 e. The average Bonchev–Trinajstić information content (AvgIpc) is 3.10. The van der Waals surface area contributed by atoms with Gasteiger partial charge in [0.25, 0.3) is 5.91 Å². The van der Waals surface area contributed by atoms with Gasteiger partial charge in [-0.1, -0.05) is 0 Å². The highest BCUT2D eigenvalue weighted by Crippen LogP contribution is 2.29. The largest absolute Gasteiger partial charge is 0.338 e. The first-order valence-corrected chi connectivity index (χ1v) is 9.52. The lowest BCUT2D eigenvalue weighted by molar-refractivity contribution is 0.0678. The molecule has 5 heteroatoms. The van der Waals surface area contributed by atoms with Crippen LogP contribution in [-0.2, 0) is 0 Å². The van der Waals surface area contributed by atoms with Gasteiger partial charge < -0.3 is 9.80 Å². The number of hydrogen-bond acceptors (Lipinski definition) is 3. The molecule has 2 aliphatic rings. The molecule has 3 rings (SSSR count). The van der Waals surface area contributed by atoms with Gasteiger partial charge in [-0.15, -0.1) is 11.3 Å². The normalized spacial score (nSPS) is 21.1. The van der Waals surface area contributed by atoms with Crippen LogP contribution in [-0.4, -0.2) is 48.4 Å². The van der Waals surface area contributed by atoms with Crippen molar-refractivity contribution in [2.45, 2.75) is 32.6 Å². The highest BCUT2D eigenvalue weighted by atomic mass is 79.9. The number of carbonyl (C=O) groups excluding carboxylic acids is 1. The molecule has 0 atom stereocenters. The smallest absolute Gasteiger partial charge is 0.263 e. The van der Waals surface area contributed by atoms with Crippen molar-refractivity contribution in [3.63, 3.8) is 0 Å². The van der Waals surface area contributed by atoms with Crippen molar-refractivity contribution < 1.29 is 4.79 Å². The van der Waals surface area contributed by atoms with Gasteiger partial charge in [-0.05, 0) is 79.2 Å². The number of hydrogen-bond donors (Lipinski definition) is 0. The summed E-state index contributed by atoms with van der Waals surface area (Å²) in [6.45, 7) is 7.69. The summed E-state index contributed by atoms with van der Waals surface area (Å²) in [5, 5.41) is 0. The molecule has 0 aromatic carbocycles. The Hall–Kier alpha value is -0.390. The quantitative estimate of drug-likeness (QED) is 0.808. The number of nitrogens with zero attached hydrogens (tertiary/aromatic N) is 2. The molecule has 2 saturated heterocycles. The molecule has 0 unspecified atom stereocenters. The Balaban J connectivity index is 1.51. The van der Waals surface area contributed by atoms with Gasteiger partial charge in [0.1, 0.15) is 0 Å². The Kier molecular flexibility index (Phi) is 5.02. The second kappa shape index (κ2) is 6.80. The zero-order chi connectivity index (χ0) is 14.8. The molecule has 2 aliphatic heterocycles. The number of thiophene rings is 1.